The number of hydrogen-bond donors (Lipinski definition) is 2. The van der Waals surface area contributed by atoms with Gasteiger partial charge in [-0.05, 0) is 59.5 Å². The molecule has 1 aliphatic rings. The zero-order valence-corrected chi connectivity index (χ0v) is 14.2. The summed E-state index contributed by atoms with van der Waals surface area (Å²) in [6, 6.07) is 4.08. The lowest BCUT2D eigenvalue weighted by Crippen LogP contribution is -2.33. The van der Waals surface area contributed by atoms with E-state index in [0.29, 0.717) is 16.7 Å². The second-order valence-electron chi connectivity index (χ2n) is 4.88. The first kappa shape index (κ1) is 16.7. The standard InChI is InChI=1S/C13H16INO5S/c14-12-4-3-10(6-11(12)13(16)17)21(18,19)15-7-9-2-1-5-20-8-9/h3-4,6,9,15H,1-2,5,7-8H2,(H,16,17). The van der Waals surface area contributed by atoms with E-state index in [4.69, 9.17) is 9.84 Å². The molecular formula is C13H16INO5S. The van der Waals surface area contributed by atoms with Crippen LogP contribution in [0.5, 0.6) is 0 Å². The highest BCUT2D eigenvalue weighted by Crippen LogP contribution is 2.19. The molecule has 1 heterocycles. The van der Waals surface area contributed by atoms with Gasteiger partial charge in [-0.15, -0.1) is 0 Å². The number of aromatic carboxylic acids is 1. The van der Waals surface area contributed by atoms with Crippen molar-refractivity contribution in [2.75, 3.05) is 19.8 Å². The maximum absolute atomic E-state index is 12.2. The maximum Gasteiger partial charge on any atom is 0.336 e. The molecule has 6 nitrogen and oxygen atoms in total. The molecule has 0 aromatic heterocycles. The lowest BCUT2D eigenvalue weighted by Gasteiger charge is -2.22. The number of hydrogen-bond acceptors (Lipinski definition) is 4. The summed E-state index contributed by atoms with van der Waals surface area (Å²) in [4.78, 5) is 11.0. The third-order valence-electron chi connectivity index (χ3n) is 3.30. The Hall–Kier alpha value is -0.710. The molecule has 0 aliphatic carbocycles. The molecule has 1 atom stereocenters. The van der Waals surface area contributed by atoms with Crippen molar-refractivity contribution in [2.24, 2.45) is 5.92 Å². The first-order chi connectivity index (χ1) is 9.90. The zero-order chi connectivity index (χ0) is 15.5. The van der Waals surface area contributed by atoms with E-state index in [9.17, 15) is 13.2 Å². The first-order valence-corrected chi connectivity index (χ1v) is 9.06. The number of ether oxygens (including phenoxy) is 1. The van der Waals surface area contributed by atoms with Crippen LogP contribution in [0.15, 0.2) is 23.1 Å². The first-order valence-electron chi connectivity index (χ1n) is 6.50. The third-order valence-corrected chi connectivity index (χ3v) is 5.66. The van der Waals surface area contributed by atoms with Crippen LogP contribution in [0.3, 0.4) is 0 Å². The van der Waals surface area contributed by atoms with Crippen molar-refractivity contribution in [3.05, 3.63) is 27.3 Å². The largest absolute Gasteiger partial charge is 0.478 e. The Morgan fingerprint density at radius 1 is 1.48 bits per heavy atom. The highest BCUT2D eigenvalue weighted by atomic mass is 127. The van der Waals surface area contributed by atoms with Crippen LogP contribution in [-0.4, -0.2) is 39.3 Å². The molecule has 1 saturated heterocycles. The van der Waals surface area contributed by atoms with Gasteiger partial charge in [0.1, 0.15) is 0 Å². The molecule has 1 unspecified atom stereocenters. The Kier molecular flexibility index (Phi) is 5.58. The van der Waals surface area contributed by atoms with Gasteiger partial charge in [0.15, 0.2) is 0 Å². The summed E-state index contributed by atoms with van der Waals surface area (Å²) in [7, 11) is -3.70. The van der Waals surface area contributed by atoms with Crippen molar-refractivity contribution in [2.45, 2.75) is 17.7 Å². The monoisotopic (exact) mass is 425 g/mol. The fourth-order valence-corrected chi connectivity index (χ4v) is 3.82. The minimum Gasteiger partial charge on any atom is -0.478 e. The van der Waals surface area contributed by atoms with Crippen LogP contribution >= 0.6 is 22.6 Å². The summed E-state index contributed by atoms with van der Waals surface area (Å²) in [5.74, 6) is -0.978. The third kappa shape index (κ3) is 4.38. The second-order valence-corrected chi connectivity index (χ2v) is 7.81. The van der Waals surface area contributed by atoms with Gasteiger partial charge < -0.3 is 9.84 Å². The second kappa shape index (κ2) is 7.03. The van der Waals surface area contributed by atoms with Gasteiger partial charge in [0.05, 0.1) is 17.1 Å². The highest BCUT2D eigenvalue weighted by molar-refractivity contribution is 14.1. The van der Waals surface area contributed by atoms with Crippen molar-refractivity contribution in [3.8, 4) is 0 Å². The molecule has 8 heteroatoms. The van der Waals surface area contributed by atoms with Crippen LogP contribution in [0, 0.1) is 9.49 Å². The van der Waals surface area contributed by atoms with E-state index in [2.05, 4.69) is 4.72 Å². The smallest absolute Gasteiger partial charge is 0.336 e. The van der Waals surface area contributed by atoms with E-state index in [-0.39, 0.29) is 16.4 Å². The summed E-state index contributed by atoms with van der Waals surface area (Å²) in [5.41, 5.74) is -0.0144. The van der Waals surface area contributed by atoms with Crippen LogP contribution in [0.4, 0.5) is 0 Å². The molecule has 1 aromatic carbocycles. The van der Waals surface area contributed by atoms with Gasteiger partial charge in [0.2, 0.25) is 10.0 Å². The summed E-state index contributed by atoms with van der Waals surface area (Å²) < 4.78 is 32.8. The summed E-state index contributed by atoms with van der Waals surface area (Å²) in [6.07, 6.45) is 1.86. The van der Waals surface area contributed by atoms with E-state index < -0.39 is 16.0 Å². The molecule has 1 fully saturated rings. The van der Waals surface area contributed by atoms with Gasteiger partial charge in [0.25, 0.3) is 0 Å². The van der Waals surface area contributed by atoms with Gasteiger partial charge in [0, 0.05) is 16.7 Å². The van der Waals surface area contributed by atoms with Crippen molar-refractivity contribution < 1.29 is 23.1 Å². The summed E-state index contributed by atoms with van der Waals surface area (Å²) >= 11 is 1.86. The Morgan fingerprint density at radius 3 is 2.86 bits per heavy atom. The average molecular weight is 425 g/mol. The van der Waals surface area contributed by atoms with Gasteiger partial charge in [-0.1, -0.05) is 0 Å². The van der Waals surface area contributed by atoms with Crippen LogP contribution in [-0.2, 0) is 14.8 Å². The number of carboxylic acids is 1. The molecule has 0 bridgehead atoms. The molecule has 0 amide bonds. The van der Waals surface area contributed by atoms with Crippen LogP contribution < -0.4 is 4.72 Å². The Bertz CT molecular complexity index is 625. The molecule has 0 spiro atoms. The lowest BCUT2D eigenvalue weighted by atomic mass is 10.0. The number of rotatable bonds is 5. The van der Waals surface area contributed by atoms with Gasteiger partial charge in [-0.2, -0.15) is 0 Å². The number of carbonyl (C=O) groups is 1. The zero-order valence-electron chi connectivity index (χ0n) is 11.2. The maximum atomic E-state index is 12.2. The number of nitrogens with one attached hydrogen (secondary N) is 1. The number of sulfonamides is 1. The molecule has 116 valence electrons. The number of carboxylic acid groups (broad SMARTS) is 1. The predicted octanol–water partition coefficient (Wildman–Crippen LogP) is 1.69. The number of halogens is 1. The molecule has 0 radical (unpaired) electrons. The molecule has 1 aliphatic heterocycles. The van der Waals surface area contributed by atoms with Crippen LogP contribution in [0.25, 0.3) is 0 Å². The molecule has 0 saturated carbocycles. The molecule has 21 heavy (non-hydrogen) atoms. The molecule has 2 rings (SSSR count). The summed E-state index contributed by atoms with van der Waals surface area (Å²) in [5, 5.41) is 9.05. The van der Waals surface area contributed by atoms with Gasteiger partial charge in [-0.3, -0.25) is 0 Å². The van der Waals surface area contributed by atoms with Crippen molar-refractivity contribution in [1.82, 2.24) is 4.72 Å². The number of benzene rings is 1. The van der Waals surface area contributed by atoms with Crippen LogP contribution in [0.2, 0.25) is 0 Å². The quantitative estimate of drug-likeness (QED) is 0.701. The normalized spacial score (nSPS) is 19.4. The summed E-state index contributed by atoms with van der Waals surface area (Å²) in [6.45, 7) is 1.58. The molecule has 2 N–H and O–H groups in total. The molecular weight excluding hydrogens is 409 g/mol. The van der Waals surface area contributed by atoms with Crippen molar-refractivity contribution in [3.63, 3.8) is 0 Å². The topological polar surface area (TPSA) is 92.7 Å². The SMILES string of the molecule is O=C(O)c1cc(S(=O)(=O)NCC2CCCOC2)ccc1I. The van der Waals surface area contributed by atoms with E-state index in [0.717, 1.165) is 19.4 Å². The minimum atomic E-state index is -3.70. The highest BCUT2D eigenvalue weighted by Gasteiger charge is 2.21. The van der Waals surface area contributed by atoms with Crippen molar-refractivity contribution in [1.29, 1.82) is 0 Å². The lowest BCUT2D eigenvalue weighted by molar-refractivity contribution is 0.0568. The minimum absolute atomic E-state index is 0.0144. The Balaban J connectivity index is 2.11. The Labute approximate surface area is 137 Å². The van der Waals surface area contributed by atoms with E-state index in [1.807, 2.05) is 22.6 Å². The molecule has 1 aromatic rings. The van der Waals surface area contributed by atoms with E-state index >= 15 is 0 Å². The fraction of sp³-hybridized carbons (Fsp3) is 0.462. The van der Waals surface area contributed by atoms with Gasteiger partial charge >= 0.3 is 5.97 Å². The fourth-order valence-electron chi connectivity index (χ4n) is 2.11. The van der Waals surface area contributed by atoms with E-state index in [1.165, 1.54) is 18.2 Å². The van der Waals surface area contributed by atoms with E-state index in [1.54, 1.807) is 0 Å². The van der Waals surface area contributed by atoms with Crippen molar-refractivity contribution >= 4 is 38.6 Å². The average Bonchev–Trinajstić information content (AvgIpc) is 2.46. The Morgan fingerprint density at radius 2 is 2.24 bits per heavy atom. The van der Waals surface area contributed by atoms with Gasteiger partial charge in [-0.25, -0.2) is 17.9 Å². The van der Waals surface area contributed by atoms with Crippen LogP contribution in [0.1, 0.15) is 23.2 Å². The predicted molar refractivity (Wildman–Crippen MR) is 84.8 cm³/mol.